The number of hydrogen-bond donors (Lipinski definition) is 3. The third-order valence-corrected chi connectivity index (χ3v) is 19.3. The van der Waals surface area contributed by atoms with Crippen molar-refractivity contribution in [3.05, 3.63) is 231 Å². The van der Waals surface area contributed by atoms with E-state index >= 15 is 0 Å². The lowest BCUT2D eigenvalue weighted by Gasteiger charge is -2.29. The number of anilines is 3. The fourth-order valence-corrected chi connectivity index (χ4v) is 14.1. The molecule has 0 aromatic heterocycles. The molecule has 0 saturated carbocycles. The fourth-order valence-electron chi connectivity index (χ4n) is 12.5. The minimum absolute atomic E-state index is 0.0289. The van der Waals surface area contributed by atoms with Gasteiger partial charge in [-0.1, -0.05) is 119 Å². The van der Waals surface area contributed by atoms with E-state index in [-0.39, 0.29) is 56.5 Å². The first-order chi connectivity index (χ1) is 53.7. The molecule has 0 radical (unpaired) electrons. The number of nitrogens with one attached hydrogen (secondary N) is 1. The molecule has 0 fully saturated rings. The summed E-state index contributed by atoms with van der Waals surface area (Å²) in [6.07, 6.45) is -4.59. The Kier molecular flexibility index (Phi) is 32.9. The first-order valence-electron chi connectivity index (χ1n) is 36.4. The van der Waals surface area contributed by atoms with Crippen molar-refractivity contribution in [1.29, 1.82) is 0 Å². The molecule has 0 heterocycles. The summed E-state index contributed by atoms with van der Waals surface area (Å²) in [4.78, 5) is 107. The highest BCUT2D eigenvalue weighted by Crippen LogP contribution is 2.49. The van der Waals surface area contributed by atoms with Crippen LogP contribution in [0.2, 0.25) is 0 Å². The molecule has 30 heteroatoms. The highest BCUT2D eigenvalue weighted by atomic mass is 127. The van der Waals surface area contributed by atoms with Crippen LogP contribution in [0.4, 0.5) is 39.8 Å². The van der Waals surface area contributed by atoms with Crippen LogP contribution >= 0.6 is 38.5 Å². The molecule has 4 unspecified atom stereocenters. The molecule has 1 amide bonds. The minimum atomic E-state index is -1.20. The molecule has 28 nitrogen and oxygen atoms in total. The van der Waals surface area contributed by atoms with Gasteiger partial charge < -0.3 is 54.7 Å². The van der Waals surface area contributed by atoms with Crippen LogP contribution in [-0.2, 0) is 61.9 Å². The highest BCUT2D eigenvalue weighted by Gasteiger charge is 2.41. The Bertz CT molecular complexity index is 4860. The standard InChI is InChI=1S/C23H28N2O6.C21H24BrNO5.C21H25IN2O5.C21H26N2O5/c1-13-8-10-16(11-9-13)17-12-18(24-15(3)26)20(25(28)29)14(2)19(17)21(22(27)30-7)31-23(4,5)6;1-12-7-9-14(10-8-12)15-11-16(22)18(23(25)26)13(2)17(15)19(20(24)27-6)28-21(3,4)5;1-11-7-9-13(10-8-11)15-14(19(20(25)28-6)29-21(3,4)5)12(2)18(24(26)27)17(23)16(15)22;1-12-7-9-14(10-8-12)15-11-16(22)18(23(25)26)13(2)17(15)19(20(24)27-6)28-21(3,4)5/h8-12,21H,1-7H3,(H,24,26);7-11,19H,1-6H3;7-10,19H,23H2,1-6H3;7-11,19H,22H2,1-6H3. The van der Waals surface area contributed by atoms with Crippen LogP contribution in [0.3, 0.4) is 0 Å². The number of esters is 4. The van der Waals surface area contributed by atoms with Gasteiger partial charge in [-0.3, -0.25) is 45.3 Å². The number of nitrogens with zero attached hydrogens (tertiary/aromatic N) is 4. The van der Waals surface area contributed by atoms with Gasteiger partial charge in [0, 0.05) is 57.0 Å². The lowest BCUT2D eigenvalue weighted by molar-refractivity contribution is -0.386. The number of rotatable bonds is 21. The van der Waals surface area contributed by atoms with Crippen molar-refractivity contribution in [2.24, 2.45) is 0 Å². The Balaban J connectivity index is 0.000000276. The largest absolute Gasteiger partial charge is 0.467 e. The van der Waals surface area contributed by atoms with Crippen molar-refractivity contribution in [3.8, 4) is 44.5 Å². The average Bonchev–Trinajstić information content (AvgIpc) is 0.750. The number of nitro groups is 4. The number of halogens is 2. The Morgan fingerprint density at radius 3 is 0.940 bits per heavy atom. The van der Waals surface area contributed by atoms with E-state index in [9.17, 15) is 64.4 Å². The lowest BCUT2D eigenvalue weighted by atomic mass is 9.89. The normalized spacial score (nSPS) is 12.4. The molecular formula is C86H103BrIN7O21. The van der Waals surface area contributed by atoms with Gasteiger partial charge in [0.1, 0.15) is 17.1 Å². The van der Waals surface area contributed by atoms with E-state index in [1.165, 1.54) is 47.5 Å². The summed E-state index contributed by atoms with van der Waals surface area (Å²) in [6, 6.07) is 35.1. The van der Waals surface area contributed by atoms with E-state index in [0.717, 1.165) is 44.5 Å². The van der Waals surface area contributed by atoms with Crippen molar-refractivity contribution in [3.63, 3.8) is 0 Å². The number of ether oxygens (including phenoxy) is 8. The van der Waals surface area contributed by atoms with Crippen LogP contribution in [-0.4, -0.2) is 100 Å². The fraction of sp³-hybridized carbons (Fsp3) is 0.384. The van der Waals surface area contributed by atoms with Gasteiger partial charge in [0.05, 0.1) is 78.6 Å². The van der Waals surface area contributed by atoms with Gasteiger partial charge in [-0.25, -0.2) is 19.2 Å². The number of carbonyl (C=O) groups is 5. The Morgan fingerprint density at radius 1 is 0.397 bits per heavy atom. The molecule has 0 spiro atoms. The number of nitrogens with two attached hydrogens (primary N) is 2. The first-order valence-corrected chi connectivity index (χ1v) is 38.2. The molecule has 8 aromatic carbocycles. The van der Waals surface area contributed by atoms with Crippen LogP contribution in [0.25, 0.3) is 44.5 Å². The van der Waals surface area contributed by atoms with Crippen LogP contribution < -0.4 is 16.8 Å². The second-order valence-corrected chi connectivity index (χ2v) is 33.2. The summed E-state index contributed by atoms with van der Waals surface area (Å²) in [5.41, 5.74) is 21.1. The lowest BCUT2D eigenvalue weighted by Crippen LogP contribution is -2.29. The first kappa shape index (κ1) is 95.9. The molecule has 8 aromatic rings. The topological polar surface area (TPSA) is 396 Å². The highest BCUT2D eigenvalue weighted by molar-refractivity contribution is 14.1. The van der Waals surface area contributed by atoms with Crippen molar-refractivity contribution < 1.29 is 81.6 Å². The van der Waals surface area contributed by atoms with E-state index in [2.05, 4.69) is 21.2 Å². The Morgan fingerprint density at radius 2 is 0.655 bits per heavy atom. The van der Waals surface area contributed by atoms with Gasteiger partial charge in [-0.2, -0.15) is 0 Å². The van der Waals surface area contributed by atoms with Crippen molar-refractivity contribution >= 4 is 108 Å². The van der Waals surface area contributed by atoms with Gasteiger partial charge in [0.15, 0.2) is 24.4 Å². The number of hydrogen-bond acceptors (Lipinski definition) is 23. The predicted octanol–water partition coefficient (Wildman–Crippen LogP) is 20.1. The number of nitrogen functional groups attached to an aromatic ring is 2. The Hall–Kier alpha value is -10.6. The number of nitro benzene ring substituents is 4. The van der Waals surface area contributed by atoms with E-state index < -0.39 is 96.3 Å². The molecule has 116 heavy (non-hydrogen) atoms. The molecule has 4 atom stereocenters. The summed E-state index contributed by atoms with van der Waals surface area (Å²) >= 11 is 5.30. The van der Waals surface area contributed by atoms with Gasteiger partial charge in [-0.05, 0) is 234 Å². The number of benzene rings is 8. The molecule has 0 saturated heterocycles. The third-order valence-electron chi connectivity index (χ3n) is 17.6. The van der Waals surface area contributed by atoms with Crippen LogP contribution in [0, 0.1) is 99.4 Å². The summed E-state index contributed by atoms with van der Waals surface area (Å²) in [5, 5.41) is 49.5. The second kappa shape index (κ2) is 39.8. The maximum Gasteiger partial charge on any atom is 0.339 e. The number of methoxy groups -OCH3 is 4. The molecule has 0 aliphatic rings. The summed E-state index contributed by atoms with van der Waals surface area (Å²) < 4.78 is 44.7. The van der Waals surface area contributed by atoms with Gasteiger partial charge in [0.2, 0.25) is 5.91 Å². The summed E-state index contributed by atoms with van der Waals surface area (Å²) in [5.74, 6) is -2.99. The zero-order valence-electron chi connectivity index (χ0n) is 70.1. The van der Waals surface area contributed by atoms with Crippen LogP contribution in [0.15, 0.2) is 120 Å². The molecule has 0 bridgehead atoms. The van der Waals surface area contributed by atoms with Gasteiger partial charge in [0.25, 0.3) is 22.7 Å². The summed E-state index contributed by atoms with van der Waals surface area (Å²) in [6.45, 7) is 37.0. The SMILES string of the molecule is COC(=O)C(OC(C)(C)C)c1c(-c2ccc(C)cc2)cc(Br)c([N+](=O)[O-])c1C.COC(=O)C(OC(C)(C)C)c1c(-c2ccc(C)cc2)cc(N)c([N+](=O)[O-])c1C.COC(=O)C(OC(C)(C)C)c1c(-c2ccc(C)cc2)cc(NC(C)=O)c([N+](=O)[O-])c1C.COC(=O)C(OC(C)(C)C)c1c(C)c([N+](=O)[O-])c(N)c(I)c1-c1ccc(C)cc1. The number of aryl methyl sites for hydroxylation is 4. The van der Waals surface area contributed by atoms with Crippen molar-refractivity contribution in [2.75, 3.05) is 45.2 Å². The van der Waals surface area contributed by atoms with E-state index in [4.69, 9.17) is 49.4 Å². The minimum Gasteiger partial charge on any atom is -0.467 e. The molecule has 0 aliphatic carbocycles. The monoisotopic (exact) mass is 1780 g/mol. The van der Waals surface area contributed by atoms with E-state index in [1.807, 2.05) is 168 Å². The van der Waals surface area contributed by atoms with Gasteiger partial charge >= 0.3 is 23.9 Å². The van der Waals surface area contributed by atoms with E-state index in [1.54, 1.807) is 96.1 Å². The zero-order valence-corrected chi connectivity index (χ0v) is 73.8. The molecule has 8 rings (SSSR count). The van der Waals surface area contributed by atoms with Crippen molar-refractivity contribution in [1.82, 2.24) is 0 Å². The van der Waals surface area contributed by atoms with E-state index in [0.29, 0.717) is 58.1 Å². The maximum absolute atomic E-state index is 12.7. The maximum atomic E-state index is 12.7. The quantitative estimate of drug-likeness (QED) is 0.0150. The van der Waals surface area contributed by atoms with Crippen LogP contribution in [0.1, 0.15) is 181 Å². The molecule has 0 aliphatic heterocycles. The second-order valence-electron chi connectivity index (χ2n) is 31.3. The van der Waals surface area contributed by atoms with Crippen LogP contribution in [0.5, 0.6) is 0 Å². The third kappa shape index (κ3) is 24.7. The summed E-state index contributed by atoms with van der Waals surface area (Å²) in [7, 11) is 5.03. The molecule has 5 N–H and O–H groups in total. The smallest absolute Gasteiger partial charge is 0.339 e. The van der Waals surface area contributed by atoms with Crippen molar-refractivity contribution in [2.45, 2.75) is 192 Å². The average molecular weight is 1780 g/mol. The number of carbonyl (C=O) groups excluding carboxylic acids is 5. The van der Waals surface area contributed by atoms with Gasteiger partial charge in [-0.15, -0.1) is 0 Å². The Labute approximate surface area is 697 Å². The zero-order chi connectivity index (χ0) is 88.0. The number of amides is 1. The molecular weight excluding hydrogens is 1670 g/mol. The predicted molar refractivity (Wildman–Crippen MR) is 458 cm³/mol. The molecule has 622 valence electrons.